The van der Waals surface area contributed by atoms with Crippen LogP contribution in [0.1, 0.15) is 30.0 Å². The molecular weight excluding hydrogens is 331 g/mol. The molecule has 1 aromatic carbocycles. The first-order valence-electron chi connectivity index (χ1n) is 7.55. The fourth-order valence-electron chi connectivity index (χ4n) is 3.19. The molecule has 0 bridgehead atoms. The monoisotopic (exact) mass is 344 g/mol. The molecule has 2 aromatic heterocycles. The van der Waals surface area contributed by atoms with Gasteiger partial charge < -0.3 is 0 Å². The molecule has 0 radical (unpaired) electrons. The van der Waals surface area contributed by atoms with Crippen LogP contribution in [0, 0.1) is 15.9 Å². The van der Waals surface area contributed by atoms with E-state index >= 15 is 0 Å². The van der Waals surface area contributed by atoms with Gasteiger partial charge in [-0.05, 0) is 42.5 Å². The molecule has 122 valence electrons. The molecule has 1 aliphatic rings. The highest BCUT2D eigenvalue weighted by Gasteiger charge is 2.29. The van der Waals surface area contributed by atoms with Crippen LogP contribution in [-0.4, -0.2) is 19.7 Å². The third kappa shape index (κ3) is 2.48. The predicted octanol–water partition coefficient (Wildman–Crippen LogP) is 3.98. The van der Waals surface area contributed by atoms with Crippen molar-refractivity contribution in [3.63, 3.8) is 0 Å². The van der Waals surface area contributed by atoms with Gasteiger partial charge >= 0.3 is 5.69 Å². The van der Waals surface area contributed by atoms with E-state index in [9.17, 15) is 14.5 Å². The summed E-state index contributed by atoms with van der Waals surface area (Å²) in [6, 6.07) is 4.55. The molecule has 2 heterocycles. The van der Waals surface area contributed by atoms with E-state index in [1.807, 2.05) is 0 Å². The van der Waals surface area contributed by atoms with Crippen LogP contribution >= 0.6 is 11.3 Å². The molecule has 4 rings (SSSR count). The van der Waals surface area contributed by atoms with Crippen molar-refractivity contribution in [1.82, 2.24) is 14.8 Å². The Morgan fingerprint density at radius 1 is 1.42 bits per heavy atom. The maximum absolute atomic E-state index is 13.7. The van der Waals surface area contributed by atoms with E-state index in [-0.39, 0.29) is 23.2 Å². The first-order valence-corrected chi connectivity index (χ1v) is 8.43. The molecule has 0 saturated heterocycles. The zero-order valence-corrected chi connectivity index (χ0v) is 13.4. The third-order valence-electron chi connectivity index (χ3n) is 4.25. The minimum atomic E-state index is -0.449. The number of hydrogen-bond donors (Lipinski definition) is 0. The van der Waals surface area contributed by atoms with E-state index in [0.29, 0.717) is 5.01 Å². The summed E-state index contributed by atoms with van der Waals surface area (Å²) in [5.41, 5.74) is 2.11. The van der Waals surface area contributed by atoms with Crippen LogP contribution in [0.5, 0.6) is 0 Å². The van der Waals surface area contributed by atoms with Crippen molar-refractivity contribution in [2.45, 2.75) is 25.3 Å². The number of hydrogen-bond acceptors (Lipinski definition) is 5. The summed E-state index contributed by atoms with van der Waals surface area (Å²) in [5, 5.41) is 18.1. The first-order chi connectivity index (χ1) is 11.6. The van der Waals surface area contributed by atoms with E-state index < -0.39 is 4.92 Å². The SMILES string of the molecule is O=[N+]([O-])c1cn(C2CCCc3ccc(F)cc32)nc1-c1nccs1. The van der Waals surface area contributed by atoms with Crippen LogP contribution in [0.2, 0.25) is 0 Å². The van der Waals surface area contributed by atoms with Crippen molar-refractivity contribution in [3.8, 4) is 10.7 Å². The second-order valence-corrected chi connectivity index (χ2v) is 6.58. The first kappa shape index (κ1) is 14.9. The number of nitro groups is 1. The van der Waals surface area contributed by atoms with Gasteiger partial charge in [-0.3, -0.25) is 14.8 Å². The van der Waals surface area contributed by atoms with Crippen molar-refractivity contribution >= 4 is 17.0 Å². The highest BCUT2D eigenvalue weighted by Crippen LogP contribution is 2.37. The standard InChI is InChI=1S/C16H13FN4O2S/c17-11-5-4-10-2-1-3-13(12(10)8-11)20-9-14(21(22)23)15(19-20)16-18-6-7-24-16/h4-9,13H,1-3H2. The minimum absolute atomic E-state index is 0.0755. The van der Waals surface area contributed by atoms with E-state index in [4.69, 9.17) is 0 Å². The molecule has 1 atom stereocenters. The Labute approximate surface area is 140 Å². The Bertz CT molecular complexity index is 907. The lowest BCUT2D eigenvalue weighted by atomic mass is 9.88. The number of thiazole rings is 1. The van der Waals surface area contributed by atoms with Crippen LogP contribution < -0.4 is 0 Å². The van der Waals surface area contributed by atoms with Crippen molar-refractivity contribution in [2.24, 2.45) is 0 Å². The van der Waals surface area contributed by atoms with Crippen LogP contribution in [0.3, 0.4) is 0 Å². The second-order valence-electron chi connectivity index (χ2n) is 5.69. The number of benzene rings is 1. The molecule has 24 heavy (non-hydrogen) atoms. The Kier molecular flexibility index (Phi) is 3.61. The third-order valence-corrected chi connectivity index (χ3v) is 5.03. The Hall–Kier alpha value is -2.61. The average molecular weight is 344 g/mol. The molecule has 0 amide bonds. The minimum Gasteiger partial charge on any atom is -0.258 e. The fraction of sp³-hybridized carbons (Fsp3) is 0.250. The smallest absolute Gasteiger partial charge is 0.258 e. The topological polar surface area (TPSA) is 73.8 Å². The Morgan fingerprint density at radius 2 is 2.29 bits per heavy atom. The number of aryl methyl sites for hydroxylation is 1. The van der Waals surface area contributed by atoms with Gasteiger partial charge in [0.05, 0.1) is 11.0 Å². The highest BCUT2D eigenvalue weighted by molar-refractivity contribution is 7.13. The van der Waals surface area contributed by atoms with Gasteiger partial charge in [0.2, 0.25) is 0 Å². The van der Waals surface area contributed by atoms with Gasteiger partial charge in [0.1, 0.15) is 12.0 Å². The number of halogens is 1. The maximum atomic E-state index is 13.7. The Balaban J connectivity index is 1.83. The number of nitrogens with zero attached hydrogens (tertiary/aromatic N) is 4. The molecule has 0 spiro atoms. The van der Waals surface area contributed by atoms with Crippen LogP contribution in [0.15, 0.2) is 36.0 Å². The van der Waals surface area contributed by atoms with Gasteiger partial charge in [0.15, 0.2) is 10.7 Å². The molecule has 6 nitrogen and oxygen atoms in total. The zero-order chi connectivity index (χ0) is 16.7. The normalized spacial score (nSPS) is 16.8. The van der Waals surface area contributed by atoms with E-state index in [2.05, 4.69) is 10.1 Å². The maximum Gasteiger partial charge on any atom is 0.317 e. The molecule has 0 fully saturated rings. The highest BCUT2D eigenvalue weighted by atomic mass is 32.1. The summed E-state index contributed by atoms with van der Waals surface area (Å²) in [7, 11) is 0. The lowest BCUT2D eigenvalue weighted by molar-refractivity contribution is -0.384. The quantitative estimate of drug-likeness (QED) is 0.532. The van der Waals surface area contributed by atoms with Crippen molar-refractivity contribution in [2.75, 3.05) is 0 Å². The van der Waals surface area contributed by atoms with Crippen LogP contribution in [0.4, 0.5) is 10.1 Å². The Morgan fingerprint density at radius 3 is 3.04 bits per heavy atom. The van der Waals surface area contributed by atoms with Gasteiger partial charge in [-0.15, -0.1) is 11.3 Å². The van der Waals surface area contributed by atoms with Gasteiger partial charge in [-0.25, -0.2) is 9.37 Å². The van der Waals surface area contributed by atoms with Crippen LogP contribution in [0.25, 0.3) is 10.7 Å². The van der Waals surface area contributed by atoms with Crippen LogP contribution in [-0.2, 0) is 6.42 Å². The predicted molar refractivity (Wildman–Crippen MR) is 87.5 cm³/mol. The zero-order valence-electron chi connectivity index (χ0n) is 12.6. The molecule has 1 unspecified atom stereocenters. The molecule has 1 aliphatic carbocycles. The van der Waals surface area contributed by atoms with Gasteiger partial charge in [-0.1, -0.05) is 6.07 Å². The second kappa shape index (κ2) is 5.79. The number of rotatable bonds is 3. The summed E-state index contributed by atoms with van der Waals surface area (Å²) >= 11 is 1.30. The van der Waals surface area contributed by atoms with E-state index in [1.54, 1.807) is 22.3 Å². The summed E-state index contributed by atoms with van der Waals surface area (Å²) in [5.74, 6) is -0.303. The van der Waals surface area contributed by atoms with E-state index in [0.717, 1.165) is 30.4 Å². The number of aromatic nitrogens is 3. The lowest BCUT2D eigenvalue weighted by Crippen LogP contribution is -2.18. The van der Waals surface area contributed by atoms with Crippen molar-refractivity contribution in [3.05, 3.63) is 63.0 Å². The summed E-state index contributed by atoms with van der Waals surface area (Å²) < 4.78 is 15.3. The van der Waals surface area contributed by atoms with Gasteiger partial charge in [0, 0.05) is 11.6 Å². The summed E-state index contributed by atoms with van der Waals surface area (Å²) in [6.07, 6.45) is 5.61. The molecule has 0 saturated carbocycles. The molecular formula is C16H13FN4O2S. The average Bonchev–Trinajstić information content (AvgIpc) is 3.23. The molecule has 0 aliphatic heterocycles. The number of fused-ring (bicyclic) bond motifs is 1. The van der Waals surface area contributed by atoms with Crippen molar-refractivity contribution in [1.29, 1.82) is 0 Å². The fourth-order valence-corrected chi connectivity index (χ4v) is 3.82. The molecule has 0 N–H and O–H groups in total. The summed E-state index contributed by atoms with van der Waals surface area (Å²) in [6.45, 7) is 0. The molecule has 8 heteroatoms. The van der Waals surface area contributed by atoms with Crippen molar-refractivity contribution < 1.29 is 9.31 Å². The van der Waals surface area contributed by atoms with Gasteiger partial charge in [0.25, 0.3) is 0 Å². The largest absolute Gasteiger partial charge is 0.317 e. The lowest BCUT2D eigenvalue weighted by Gasteiger charge is -2.25. The summed E-state index contributed by atoms with van der Waals surface area (Å²) in [4.78, 5) is 15.1. The molecule has 3 aromatic rings. The van der Waals surface area contributed by atoms with E-state index in [1.165, 1.54) is 29.7 Å². The van der Waals surface area contributed by atoms with Gasteiger partial charge in [-0.2, -0.15) is 5.10 Å².